The third-order valence-electron chi connectivity index (χ3n) is 2.19. The molecular weight excluding hydrogens is 200 g/mol. The molecule has 1 heterocycles. The fourth-order valence-electron chi connectivity index (χ4n) is 1.45. The van der Waals surface area contributed by atoms with Gasteiger partial charge < -0.3 is 4.98 Å². The maximum Gasteiger partial charge on any atom is 0.240 e. The van der Waals surface area contributed by atoms with Gasteiger partial charge in [-0.2, -0.15) is 4.99 Å². The summed E-state index contributed by atoms with van der Waals surface area (Å²) in [5.74, 6) is 0. The number of aromatic nitrogens is 1. The first kappa shape index (κ1) is 9.00. The second-order valence-electron chi connectivity index (χ2n) is 2.97. The highest BCUT2D eigenvalue weighted by molar-refractivity contribution is 6.32. The molecule has 0 radical (unpaired) electrons. The van der Waals surface area contributed by atoms with Gasteiger partial charge in [-0.15, -0.1) is 0 Å². The van der Waals surface area contributed by atoms with Crippen LogP contribution in [-0.2, 0) is 4.79 Å². The molecule has 0 atom stereocenters. The zero-order valence-electron chi connectivity index (χ0n) is 7.47. The number of nitrogens with zero attached hydrogens (tertiary/aromatic N) is 1. The highest BCUT2D eigenvalue weighted by atomic mass is 35.5. The summed E-state index contributed by atoms with van der Waals surface area (Å²) in [4.78, 5) is 16.7. The molecule has 1 aromatic carbocycles. The number of hydrogen-bond acceptors (Lipinski definition) is 2. The maximum atomic E-state index is 10.1. The van der Waals surface area contributed by atoms with Gasteiger partial charge in [-0.25, -0.2) is 4.79 Å². The summed E-state index contributed by atoms with van der Waals surface area (Å²) in [5.41, 5.74) is 2.46. The lowest BCUT2D eigenvalue weighted by atomic mass is 10.1. The van der Waals surface area contributed by atoms with E-state index in [9.17, 15) is 4.79 Å². The lowest BCUT2D eigenvalue weighted by Crippen LogP contribution is -1.77. The van der Waals surface area contributed by atoms with E-state index in [-0.39, 0.29) is 0 Å². The van der Waals surface area contributed by atoms with Crippen LogP contribution >= 0.6 is 11.6 Å². The van der Waals surface area contributed by atoms with Crippen molar-refractivity contribution in [2.45, 2.75) is 6.92 Å². The van der Waals surface area contributed by atoms with Crippen molar-refractivity contribution in [3.05, 3.63) is 28.9 Å². The average molecular weight is 207 g/mol. The number of benzene rings is 1. The number of fused-ring (bicyclic) bond motifs is 1. The van der Waals surface area contributed by atoms with E-state index in [1.54, 1.807) is 12.3 Å². The third kappa shape index (κ3) is 1.23. The van der Waals surface area contributed by atoms with E-state index in [1.807, 2.05) is 13.0 Å². The normalized spacial score (nSPS) is 10.1. The topological polar surface area (TPSA) is 45.2 Å². The van der Waals surface area contributed by atoms with Crippen molar-refractivity contribution in [2.24, 2.45) is 4.99 Å². The average Bonchev–Trinajstić information content (AvgIpc) is 2.57. The quantitative estimate of drug-likeness (QED) is 0.566. The molecule has 0 spiro atoms. The number of aromatic amines is 1. The summed E-state index contributed by atoms with van der Waals surface area (Å²) in [6, 6.07) is 3.62. The summed E-state index contributed by atoms with van der Waals surface area (Å²) in [6.07, 6.45) is 3.18. The number of carbonyl (C=O) groups excluding carboxylic acids is 1. The Kier molecular flexibility index (Phi) is 2.12. The molecule has 2 aromatic rings. The molecule has 0 aliphatic heterocycles. The Balaban J connectivity index is 2.83. The van der Waals surface area contributed by atoms with E-state index < -0.39 is 0 Å². The number of halogens is 1. The van der Waals surface area contributed by atoms with Crippen LogP contribution in [0, 0.1) is 6.92 Å². The Bertz CT molecular complexity index is 538. The van der Waals surface area contributed by atoms with Gasteiger partial charge in [0.25, 0.3) is 0 Å². The van der Waals surface area contributed by atoms with Crippen molar-refractivity contribution in [1.29, 1.82) is 0 Å². The minimum Gasteiger partial charge on any atom is -0.359 e. The van der Waals surface area contributed by atoms with Crippen LogP contribution in [0.3, 0.4) is 0 Å². The summed E-state index contributed by atoms with van der Waals surface area (Å²) >= 11 is 5.95. The Morgan fingerprint density at radius 3 is 3.00 bits per heavy atom. The zero-order valence-corrected chi connectivity index (χ0v) is 8.22. The van der Waals surface area contributed by atoms with Gasteiger partial charge in [0.2, 0.25) is 6.08 Å². The van der Waals surface area contributed by atoms with Crippen molar-refractivity contribution in [3.63, 3.8) is 0 Å². The number of rotatable bonds is 1. The zero-order chi connectivity index (χ0) is 10.1. The molecule has 14 heavy (non-hydrogen) atoms. The number of H-pyrrole nitrogens is 1. The first-order valence-corrected chi connectivity index (χ1v) is 4.46. The van der Waals surface area contributed by atoms with E-state index in [2.05, 4.69) is 9.98 Å². The van der Waals surface area contributed by atoms with Crippen LogP contribution < -0.4 is 0 Å². The first-order chi connectivity index (χ1) is 6.74. The summed E-state index contributed by atoms with van der Waals surface area (Å²) in [7, 11) is 0. The number of isocyanates is 1. The van der Waals surface area contributed by atoms with Crippen molar-refractivity contribution in [1.82, 2.24) is 4.98 Å². The van der Waals surface area contributed by atoms with Crippen molar-refractivity contribution >= 4 is 34.3 Å². The van der Waals surface area contributed by atoms with Gasteiger partial charge in [-0.05, 0) is 24.6 Å². The number of aliphatic imine (C=N–C) groups is 1. The van der Waals surface area contributed by atoms with Crippen LogP contribution in [0.1, 0.15) is 5.56 Å². The summed E-state index contributed by atoms with van der Waals surface area (Å²) in [6.45, 7) is 1.91. The molecule has 0 saturated carbocycles. The van der Waals surface area contributed by atoms with Crippen LogP contribution in [0.5, 0.6) is 0 Å². The number of nitrogens with one attached hydrogen (secondary N) is 1. The number of aryl methyl sites for hydroxylation is 1. The van der Waals surface area contributed by atoms with Crippen LogP contribution in [0.4, 0.5) is 5.69 Å². The van der Waals surface area contributed by atoms with Crippen molar-refractivity contribution < 1.29 is 4.79 Å². The molecule has 0 unspecified atom stereocenters. The predicted molar refractivity (Wildman–Crippen MR) is 55.8 cm³/mol. The molecule has 2 rings (SSSR count). The van der Waals surface area contributed by atoms with E-state index in [1.165, 1.54) is 6.08 Å². The molecule has 4 heteroatoms. The van der Waals surface area contributed by atoms with Crippen molar-refractivity contribution in [3.8, 4) is 0 Å². The summed E-state index contributed by atoms with van der Waals surface area (Å²) < 4.78 is 0. The second kappa shape index (κ2) is 3.29. The van der Waals surface area contributed by atoms with Crippen LogP contribution in [0.2, 0.25) is 5.02 Å². The maximum absolute atomic E-state index is 10.1. The third-order valence-corrected chi connectivity index (χ3v) is 2.60. The molecule has 0 fully saturated rings. The molecule has 70 valence electrons. The lowest BCUT2D eigenvalue weighted by Gasteiger charge is -1.98. The van der Waals surface area contributed by atoms with E-state index in [4.69, 9.17) is 11.6 Å². The molecule has 1 aromatic heterocycles. The number of hydrogen-bond donors (Lipinski definition) is 1. The van der Waals surface area contributed by atoms with E-state index in [0.29, 0.717) is 10.7 Å². The van der Waals surface area contributed by atoms with Gasteiger partial charge in [0.1, 0.15) is 5.69 Å². The molecule has 1 N–H and O–H groups in total. The summed E-state index contributed by atoms with van der Waals surface area (Å²) in [5, 5.41) is 1.58. The second-order valence-corrected chi connectivity index (χ2v) is 3.38. The monoisotopic (exact) mass is 206 g/mol. The molecule has 0 saturated heterocycles. The van der Waals surface area contributed by atoms with Gasteiger partial charge in [0, 0.05) is 16.6 Å². The SMILES string of the molecule is Cc1c(Cl)ccc2c(N=C=O)c[nH]c12. The van der Waals surface area contributed by atoms with Crippen LogP contribution in [-0.4, -0.2) is 11.1 Å². The molecule has 0 bridgehead atoms. The van der Waals surface area contributed by atoms with Gasteiger partial charge in [-0.1, -0.05) is 11.6 Å². The highest BCUT2D eigenvalue weighted by Gasteiger charge is 2.06. The minimum atomic E-state index is 0.592. The highest BCUT2D eigenvalue weighted by Crippen LogP contribution is 2.30. The molecule has 3 nitrogen and oxygen atoms in total. The lowest BCUT2D eigenvalue weighted by molar-refractivity contribution is 0.565. The van der Waals surface area contributed by atoms with E-state index in [0.717, 1.165) is 16.5 Å². The Morgan fingerprint density at radius 2 is 2.29 bits per heavy atom. The molecule has 0 aliphatic carbocycles. The standard InChI is InChI=1S/C10H7ClN2O/c1-6-8(11)3-2-7-9(13-5-14)4-12-10(6)7/h2-4,12H,1H3. The van der Waals surface area contributed by atoms with Gasteiger partial charge in [0.05, 0.1) is 5.52 Å². The Morgan fingerprint density at radius 1 is 1.50 bits per heavy atom. The van der Waals surface area contributed by atoms with Crippen molar-refractivity contribution in [2.75, 3.05) is 0 Å². The first-order valence-electron chi connectivity index (χ1n) is 4.08. The smallest absolute Gasteiger partial charge is 0.240 e. The molecule has 0 amide bonds. The Labute approximate surface area is 85.4 Å². The molecular formula is C10H7ClN2O. The Hall–Kier alpha value is -1.57. The largest absolute Gasteiger partial charge is 0.359 e. The fraction of sp³-hybridized carbons (Fsp3) is 0.100. The van der Waals surface area contributed by atoms with Crippen LogP contribution in [0.25, 0.3) is 10.9 Å². The van der Waals surface area contributed by atoms with Gasteiger partial charge in [-0.3, -0.25) is 0 Å². The van der Waals surface area contributed by atoms with Gasteiger partial charge in [0.15, 0.2) is 0 Å². The fourth-order valence-corrected chi connectivity index (χ4v) is 1.60. The predicted octanol–water partition coefficient (Wildman–Crippen LogP) is 3.10. The van der Waals surface area contributed by atoms with Crippen LogP contribution in [0.15, 0.2) is 23.3 Å². The van der Waals surface area contributed by atoms with Gasteiger partial charge >= 0.3 is 0 Å². The molecule has 0 aliphatic rings. The van der Waals surface area contributed by atoms with E-state index >= 15 is 0 Å². The minimum absolute atomic E-state index is 0.592.